The largest absolute Gasteiger partial charge is 0.446 e. The van der Waals surface area contributed by atoms with Gasteiger partial charge in [0, 0.05) is 21.1 Å². The number of halogens is 3. The van der Waals surface area contributed by atoms with Crippen LogP contribution in [0.15, 0.2) is 40.6 Å². The second-order valence-corrected chi connectivity index (χ2v) is 5.86. The van der Waals surface area contributed by atoms with Gasteiger partial charge in [0.15, 0.2) is 0 Å². The zero-order valence-electron chi connectivity index (χ0n) is 9.70. The fourth-order valence-corrected chi connectivity index (χ4v) is 2.73. The second kappa shape index (κ2) is 5.75. The van der Waals surface area contributed by atoms with Crippen molar-refractivity contribution in [2.45, 2.75) is 16.9 Å². The highest BCUT2D eigenvalue weighted by Crippen LogP contribution is 2.37. The van der Waals surface area contributed by atoms with Crippen LogP contribution in [0.25, 0.3) is 0 Å². The normalized spacial score (nSPS) is 11.5. The minimum Gasteiger partial charge on any atom is -0.398 e. The number of anilines is 2. The number of alkyl halides is 3. The lowest BCUT2D eigenvalue weighted by Crippen LogP contribution is -2.01. The molecule has 0 spiro atoms. The van der Waals surface area contributed by atoms with Crippen LogP contribution in [0.5, 0.6) is 0 Å². The first-order valence-corrected chi connectivity index (χ1v) is 7.05. The van der Waals surface area contributed by atoms with Crippen LogP contribution in [0.4, 0.5) is 24.5 Å². The maximum absolute atomic E-state index is 12.2. The van der Waals surface area contributed by atoms with Gasteiger partial charge < -0.3 is 11.1 Å². The van der Waals surface area contributed by atoms with Crippen molar-refractivity contribution in [3.05, 3.63) is 40.6 Å². The van der Waals surface area contributed by atoms with Gasteiger partial charge >= 0.3 is 5.51 Å². The molecule has 0 unspecified atom stereocenters. The molecule has 0 radical (unpaired) electrons. The fraction of sp³-hybridized carbons (Fsp3) is 0.167. The van der Waals surface area contributed by atoms with Crippen molar-refractivity contribution in [2.75, 3.05) is 11.1 Å². The van der Waals surface area contributed by atoms with E-state index in [9.17, 15) is 13.2 Å². The van der Waals surface area contributed by atoms with E-state index < -0.39 is 5.51 Å². The number of thioether (sulfide) groups is 1. The average molecular weight is 304 g/mol. The van der Waals surface area contributed by atoms with E-state index in [0.29, 0.717) is 6.54 Å². The number of nitrogen functional groups attached to an aromatic ring is 1. The molecular formula is C12H11F3N2S2. The van der Waals surface area contributed by atoms with E-state index in [0.717, 1.165) is 16.3 Å². The van der Waals surface area contributed by atoms with E-state index >= 15 is 0 Å². The topological polar surface area (TPSA) is 38.0 Å². The molecule has 1 heterocycles. The van der Waals surface area contributed by atoms with Crippen molar-refractivity contribution in [1.29, 1.82) is 0 Å². The van der Waals surface area contributed by atoms with Crippen molar-refractivity contribution < 1.29 is 13.2 Å². The molecule has 0 saturated carbocycles. The number of nitrogens with one attached hydrogen (secondary N) is 1. The lowest BCUT2D eigenvalue weighted by Gasteiger charge is -2.08. The third-order valence-corrected chi connectivity index (χ3v) is 4.00. The zero-order valence-corrected chi connectivity index (χ0v) is 11.3. The molecule has 3 N–H and O–H groups in total. The van der Waals surface area contributed by atoms with E-state index in [1.54, 1.807) is 12.1 Å². The van der Waals surface area contributed by atoms with Crippen molar-refractivity contribution >= 4 is 34.5 Å². The molecule has 2 rings (SSSR count). The Labute approximate surface area is 116 Å². The summed E-state index contributed by atoms with van der Waals surface area (Å²) in [4.78, 5) is 1.18. The Hall–Kier alpha value is -1.34. The highest BCUT2D eigenvalue weighted by molar-refractivity contribution is 8.00. The monoisotopic (exact) mass is 304 g/mol. The quantitative estimate of drug-likeness (QED) is 0.814. The maximum atomic E-state index is 12.2. The smallest absolute Gasteiger partial charge is 0.398 e. The minimum atomic E-state index is -4.25. The molecule has 2 nitrogen and oxygen atoms in total. The third-order valence-electron chi connectivity index (χ3n) is 2.32. The molecule has 1 aromatic carbocycles. The predicted molar refractivity (Wildman–Crippen MR) is 74.4 cm³/mol. The zero-order chi connectivity index (χ0) is 13.9. The number of hydrogen-bond acceptors (Lipinski definition) is 4. The summed E-state index contributed by atoms with van der Waals surface area (Å²) in [6.45, 7) is 0.565. The van der Waals surface area contributed by atoms with Crippen molar-refractivity contribution in [3.8, 4) is 0 Å². The van der Waals surface area contributed by atoms with Gasteiger partial charge in [-0.05, 0) is 47.5 Å². The summed E-state index contributed by atoms with van der Waals surface area (Å²) in [5.74, 6) is 0. The molecule has 0 atom stereocenters. The summed E-state index contributed by atoms with van der Waals surface area (Å²) in [7, 11) is 0. The van der Waals surface area contributed by atoms with Crippen LogP contribution in [0.1, 0.15) is 4.88 Å². The molecule has 7 heteroatoms. The highest BCUT2D eigenvalue weighted by Gasteiger charge is 2.28. The average Bonchev–Trinajstić information content (AvgIpc) is 2.72. The number of nitrogens with two attached hydrogens (primary N) is 1. The molecule has 0 saturated heterocycles. The Morgan fingerprint density at radius 2 is 1.84 bits per heavy atom. The van der Waals surface area contributed by atoms with Crippen LogP contribution in [0.2, 0.25) is 0 Å². The van der Waals surface area contributed by atoms with Crippen molar-refractivity contribution in [1.82, 2.24) is 0 Å². The third kappa shape index (κ3) is 4.36. The van der Waals surface area contributed by atoms with Crippen molar-refractivity contribution in [2.24, 2.45) is 0 Å². The molecular weight excluding hydrogens is 293 g/mol. The van der Waals surface area contributed by atoms with Gasteiger partial charge in [-0.1, -0.05) is 0 Å². The van der Waals surface area contributed by atoms with Crippen LogP contribution in [0.3, 0.4) is 0 Å². The number of benzene rings is 1. The van der Waals surface area contributed by atoms with Gasteiger partial charge in [-0.15, -0.1) is 11.3 Å². The van der Waals surface area contributed by atoms with Crippen LogP contribution in [0, 0.1) is 0 Å². The first-order valence-electron chi connectivity index (χ1n) is 5.35. The standard InChI is InChI=1S/C12H11F3N2S2/c13-12(14,15)19-9-3-1-8(2-4-9)17-7-11-10(16)5-6-18-11/h1-6,17H,7,16H2. The van der Waals surface area contributed by atoms with E-state index in [4.69, 9.17) is 5.73 Å². The van der Waals surface area contributed by atoms with Gasteiger partial charge in [-0.25, -0.2) is 0 Å². The Bertz CT molecular complexity index is 535. The Kier molecular flexibility index (Phi) is 4.26. The van der Waals surface area contributed by atoms with Gasteiger partial charge in [-0.2, -0.15) is 13.2 Å². The Morgan fingerprint density at radius 3 is 2.37 bits per heavy atom. The predicted octanol–water partition coefficient (Wildman–Crippen LogP) is 4.55. The summed E-state index contributed by atoms with van der Waals surface area (Å²) in [5, 5.41) is 5.02. The van der Waals surface area contributed by atoms with Gasteiger partial charge in [0.25, 0.3) is 0 Å². The lowest BCUT2D eigenvalue weighted by atomic mass is 10.3. The number of rotatable bonds is 4. The molecule has 0 fully saturated rings. The molecule has 0 amide bonds. The van der Waals surface area contributed by atoms with E-state index in [2.05, 4.69) is 5.32 Å². The molecule has 102 valence electrons. The molecule has 0 aliphatic carbocycles. The summed E-state index contributed by atoms with van der Waals surface area (Å²) in [6, 6.07) is 7.96. The van der Waals surface area contributed by atoms with Gasteiger partial charge in [0.1, 0.15) is 0 Å². The summed E-state index contributed by atoms with van der Waals surface area (Å²) in [5.41, 5.74) is 2.98. The van der Waals surface area contributed by atoms with Gasteiger partial charge in [0.05, 0.1) is 6.54 Å². The van der Waals surface area contributed by atoms with Gasteiger partial charge in [-0.3, -0.25) is 0 Å². The number of thiophene rings is 1. The molecule has 0 aliphatic rings. The molecule has 1 aromatic heterocycles. The van der Waals surface area contributed by atoms with Gasteiger partial charge in [0.2, 0.25) is 0 Å². The highest BCUT2D eigenvalue weighted by atomic mass is 32.2. The fourth-order valence-electron chi connectivity index (χ4n) is 1.45. The van der Waals surface area contributed by atoms with Crippen LogP contribution < -0.4 is 11.1 Å². The van der Waals surface area contributed by atoms with E-state index in [-0.39, 0.29) is 16.7 Å². The first kappa shape index (κ1) is 14.1. The first-order chi connectivity index (χ1) is 8.94. The van der Waals surface area contributed by atoms with E-state index in [1.165, 1.54) is 23.5 Å². The summed E-state index contributed by atoms with van der Waals surface area (Å²) in [6.07, 6.45) is 0. The van der Waals surface area contributed by atoms with Crippen LogP contribution >= 0.6 is 23.1 Å². The molecule has 19 heavy (non-hydrogen) atoms. The minimum absolute atomic E-state index is 0.118. The van der Waals surface area contributed by atoms with E-state index in [1.807, 2.05) is 11.4 Å². The molecule has 0 bridgehead atoms. The SMILES string of the molecule is Nc1ccsc1CNc1ccc(SC(F)(F)F)cc1. The second-order valence-electron chi connectivity index (χ2n) is 3.72. The summed E-state index contributed by atoms with van der Waals surface area (Å²) < 4.78 is 36.5. The van der Waals surface area contributed by atoms with Crippen LogP contribution in [-0.4, -0.2) is 5.51 Å². The van der Waals surface area contributed by atoms with Crippen LogP contribution in [-0.2, 0) is 6.54 Å². The maximum Gasteiger partial charge on any atom is 0.446 e. The van der Waals surface area contributed by atoms with Crippen molar-refractivity contribution in [3.63, 3.8) is 0 Å². The molecule has 2 aromatic rings. The lowest BCUT2D eigenvalue weighted by molar-refractivity contribution is -0.0328. The Morgan fingerprint density at radius 1 is 1.16 bits per heavy atom. The molecule has 0 aliphatic heterocycles. The number of hydrogen-bond donors (Lipinski definition) is 2. The Balaban J connectivity index is 1.94. The summed E-state index contributed by atoms with van der Waals surface area (Å²) >= 11 is 1.42.